The highest BCUT2D eigenvalue weighted by molar-refractivity contribution is 5.88. The van der Waals surface area contributed by atoms with Crippen molar-refractivity contribution in [2.24, 2.45) is 0 Å². The number of amides is 1. The first-order valence-electron chi connectivity index (χ1n) is 10.6. The lowest BCUT2D eigenvalue weighted by Gasteiger charge is -2.31. The molecule has 0 aliphatic carbocycles. The number of aromatic amines is 1. The van der Waals surface area contributed by atoms with Gasteiger partial charge in [0.05, 0.1) is 17.5 Å². The van der Waals surface area contributed by atoms with Crippen LogP contribution in [0.25, 0.3) is 22.0 Å². The SMILES string of the molecule is Cc1ccc2nc(C3CCN(C(=O)Cc4noc5cc(C)cc(C)c45)CC3)[nH]c2c1. The van der Waals surface area contributed by atoms with Gasteiger partial charge < -0.3 is 14.4 Å². The lowest BCUT2D eigenvalue weighted by Crippen LogP contribution is -2.39. The van der Waals surface area contributed by atoms with Crippen LogP contribution in [0.1, 0.15) is 47.0 Å². The van der Waals surface area contributed by atoms with Crippen LogP contribution < -0.4 is 0 Å². The number of hydrogen-bond acceptors (Lipinski definition) is 4. The largest absolute Gasteiger partial charge is 0.356 e. The number of aromatic nitrogens is 3. The molecule has 5 rings (SSSR count). The maximum Gasteiger partial charge on any atom is 0.228 e. The van der Waals surface area contributed by atoms with Gasteiger partial charge in [-0.2, -0.15) is 0 Å². The van der Waals surface area contributed by atoms with Crippen molar-refractivity contribution in [1.82, 2.24) is 20.0 Å². The van der Waals surface area contributed by atoms with E-state index in [1.807, 2.05) is 24.8 Å². The first kappa shape index (κ1) is 18.9. The number of piperidine rings is 1. The molecule has 0 bridgehead atoms. The van der Waals surface area contributed by atoms with Gasteiger partial charge in [0, 0.05) is 24.4 Å². The van der Waals surface area contributed by atoms with E-state index >= 15 is 0 Å². The van der Waals surface area contributed by atoms with Crippen molar-refractivity contribution in [3.8, 4) is 0 Å². The maximum absolute atomic E-state index is 12.9. The highest BCUT2D eigenvalue weighted by Gasteiger charge is 2.27. The van der Waals surface area contributed by atoms with Crippen LogP contribution in [0, 0.1) is 20.8 Å². The molecule has 6 nitrogen and oxygen atoms in total. The molecule has 1 fully saturated rings. The van der Waals surface area contributed by atoms with Gasteiger partial charge in [-0.1, -0.05) is 17.3 Å². The molecule has 1 amide bonds. The molecule has 1 N–H and O–H groups in total. The topological polar surface area (TPSA) is 75.0 Å². The van der Waals surface area contributed by atoms with Crippen LogP contribution >= 0.6 is 0 Å². The maximum atomic E-state index is 12.9. The molecule has 0 radical (unpaired) electrons. The van der Waals surface area contributed by atoms with Crippen LogP contribution in [0.2, 0.25) is 0 Å². The van der Waals surface area contributed by atoms with E-state index in [0.29, 0.717) is 5.92 Å². The van der Waals surface area contributed by atoms with E-state index in [4.69, 9.17) is 9.51 Å². The number of likely N-dealkylation sites (tertiary alicyclic amines) is 1. The Morgan fingerprint density at radius 1 is 1.13 bits per heavy atom. The molecule has 0 unspecified atom stereocenters. The zero-order chi connectivity index (χ0) is 20.8. The molecule has 1 aliphatic heterocycles. The Labute approximate surface area is 175 Å². The Hall–Kier alpha value is -3.15. The molecular formula is C24H26N4O2. The number of nitrogens with zero attached hydrogens (tertiary/aromatic N) is 3. The smallest absolute Gasteiger partial charge is 0.228 e. The molecule has 2 aromatic heterocycles. The third-order valence-corrected chi connectivity index (χ3v) is 6.20. The Balaban J connectivity index is 1.27. The number of carbonyl (C=O) groups is 1. The third-order valence-electron chi connectivity index (χ3n) is 6.20. The fraction of sp³-hybridized carbons (Fsp3) is 0.375. The van der Waals surface area contributed by atoms with Gasteiger partial charge in [-0.15, -0.1) is 0 Å². The lowest BCUT2D eigenvalue weighted by molar-refractivity contribution is -0.131. The van der Waals surface area contributed by atoms with Crippen LogP contribution in [-0.4, -0.2) is 39.0 Å². The first-order chi connectivity index (χ1) is 14.5. The molecule has 0 atom stereocenters. The van der Waals surface area contributed by atoms with Gasteiger partial charge in [0.1, 0.15) is 11.5 Å². The number of hydrogen-bond donors (Lipinski definition) is 1. The molecule has 0 saturated carbocycles. The summed E-state index contributed by atoms with van der Waals surface area (Å²) < 4.78 is 5.48. The average molecular weight is 402 g/mol. The summed E-state index contributed by atoms with van der Waals surface area (Å²) in [7, 11) is 0. The highest BCUT2D eigenvalue weighted by atomic mass is 16.5. The molecule has 0 spiro atoms. The van der Waals surface area contributed by atoms with Gasteiger partial charge in [-0.05, 0) is 68.5 Å². The molecule has 2 aromatic carbocycles. The summed E-state index contributed by atoms with van der Waals surface area (Å²) in [5.41, 5.74) is 7.06. The van der Waals surface area contributed by atoms with Gasteiger partial charge in [0.2, 0.25) is 5.91 Å². The number of fused-ring (bicyclic) bond motifs is 2. The van der Waals surface area contributed by atoms with E-state index in [0.717, 1.165) is 70.6 Å². The van der Waals surface area contributed by atoms with E-state index in [2.05, 4.69) is 41.3 Å². The average Bonchev–Trinajstić information content (AvgIpc) is 3.32. The monoisotopic (exact) mass is 402 g/mol. The van der Waals surface area contributed by atoms with E-state index in [1.165, 1.54) is 5.56 Å². The van der Waals surface area contributed by atoms with Gasteiger partial charge in [0.25, 0.3) is 0 Å². The van der Waals surface area contributed by atoms with Crippen LogP contribution in [0.4, 0.5) is 0 Å². The Kier molecular flexibility index (Phi) is 4.57. The van der Waals surface area contributed by atoms with Crippen molar-refractivity contribution in [2.75, 3.05) is 13.1 Å². The standard InChI is InChI=1S/C24H26N4O2/c1-14-4-5-18-19(11-14)26-24(25-18)17-6-8-28(9-7-17)22(29)13-20-23-16(3)10-15(2)12-21(23)30-27-20/h4-5,10-12,17H,6-9,13H2,1-3H3,(H,25,26). The van der Waals surface area contributed by atoms with Crippen LogP contribution in [-0.2, 0) is 11.2 Å². The summed E-state index contributed by atoms with van der Waals surface area (Å²) in [5, 5.41) is 5.16. The second kappa shape index (κ2) is 7.27. The molecule has 3 heterocycles. The van der Waals surface area contributed by atoms with E-state index in [9.17, 15) is 4.79 Å². The minimum absolute atomic E-state index is 0.115. The number of H-pyrrole nitrogens is 1. The van der Waals surface area contributed by atoms with Gasteiger partial charge in [-0.25, -0.2) is 4.98 Å². The normalized spacial score (nSPS) is 15.4. The van der Waals surface area contributed by atoms with Crippen molar-refractivity contribution in [1.29, 1.82) is 0 Å². The minimum Gasteiger partial charge on any atom is -0.356 e. The van der Waals surface area contributed by atoms with Crippen molar-refractivity contribution in [2.45, 2.75) is 46.0 Å². The van der Waals surface area contributed by atoms with Crippen molar-refractivity contribution >= 4 is 27.9 Å². The third kappa shape index (κ3) is 3.36. The van der Waals surface area contributed by atoms with Crippen LogP contribution in [0.3, 0.4) is 0 Å². The van der Waals surface area contributed by atoms with Gasteiger partial charge in [0.15, 0.2) is 5.58 Å². The summed E-state index contributed by atoms with van der Waals surface area (Å²) in [6, 6.07) is 10.4. The number of nitrogens with one attached hydrogen (secondary N) is 1. The summed E-state index contributed by atoms with van der Waals surface area (Å²) in [5.74, 6) is 1.51. The summed E-state index contributed by atoms with van der Waals surface area (Å²) in [4.78, 5) is 23.1. The second-order valence-corrected chi connectivity index (χ2v) is 8.56. The molecule has 1 saturated heterocycles. The van der Waals surface area contributed by atoms with Crippen molar-refractivity contribution in [3.05, 3.63) is 58.5 Å². The lowest BCUT2D eigenvalue weighted by atomic mass is 9.95. The van der Waals surface area contributed by atoms with Crippen LogP contribution in [0.5, 0.6) is 0 Å². The van der Waals surface area contributed by atoms with Gasteiger partial charge in [-0.3, -0.25) is 4.79 Å². The number of rotatable bonds is 3. The predicted octanol–water partition coefficient (Wildman–Crippen LogP) is 4.58. The van der Waals surface area contributed by atoms with E-state index < -0.39 is 0 Å². The second-order valence-electron chi connectivity index (χ2n) is 8.56. The summed E-state index contributed by atoms with van der Waals surface area (Å²) in [6.45, 7) is 7.65. The summed E-state index contributed by atoms with van der Waals surface area (Å²) >= 11 is 0. The number of imidazole rings is 1. The highest BCUT2D eigenvalue weighted by Crippen LogP contribution is 2.29. The Bertz CT molecular complexity index is 1250. The van der Waals surface area contributed by atoms with Crippen molar-refractivity contribution < 1.29 is 9.32 Å². The van der Waals surface area contributed by atoms with Crippen LogP contribution in [0.15, 0.2) is 34.9 Å². The number of benzene rings is 2. The zero-order valence-corrected chi connectivity index (χ0v) is 17.7. The van der Waals surface area contributed by atoms with E-state index in [1.54, 1.807) is 0 Å². The fourth-order valence-electron chi connectivity index (χ4n) is 4.63. The molecule has 154 valence electrons. The Morgan fingerprint density at radius 2 is 1.93 bits per heavy atom. The number of carbonyl (C=O) groups excluding carboxylic acids is 1. The predicted molar refractivity (Wildman–Crippen MR) is 117 cm³/mol. The first-order valence-corrected chi connectivity index (χ1v) is 10.6. The Morgan fingerprint density at radius 3 is 2.73 bits per heavy atom. The number of aryl methyl sites for hydroxylation is 3. The zero-order valence-electron chi connectivity index (χ0n) is 17.7. The molecule has 1 aliphatic rings. The molecule has 30 heavy (non-hydrogen) atoms. The molecule has 6 heteroatoms. The fourth-order valence-corrected chi connectivity index (χ4v) is 4.63. The molecular weight excluding hydrogens is 376 g/mol. The van der Waals surface area contributed by atoms with Crippen molar-refractivity contribution in [3.63, 3.8) is 0 Å². The van der Waals surface area contributed by atoms with Gasteiger partial charge >= 0.3 is 0 Å². The van der Waals surface area contributed by atoms with E-state index in [-0.39, 0.29) is 12.3 Å². The summed E-state index contributed by atoms with van der Waals surface area (Å²) in [6.07, 6.45) is 2.12. The quantitative estimate of drug-likeness (QED) is 0.544. The molecule has 4 aromatic rings. The minimum atomic E-state index is 0.115.